The molecule has 3 aliphatic rings. The van der Waals surface area contributed by atoms with Crippen LogP contribution in [-0.4, -0.2) is 18.2 Å². The predicted octanol–water partition coefficient (Wildman–Crippen LogP) is 4.21. The minimum Gasteiger partial charge on any atom is -0.370 e. The van der Waals surface area contributed by atoms with Gasteiger partial charge in [-0.3, -0.25) is 0 Å². The Hall–Kier alpha value is -0.380. The topological polar surface area (TPSA) is 21.3 Å². The molecular weight excluding hydrogens is 278 g/mol. The number of hydrogen-bond acceptors (Lipinski definition) is 3. The van der Waals surface area contributed by atoms with Gasteiger partial charge in [0.25, 0.3) is 0 Å². The van der Waals surface area contributed by atoms with Gasteiger partial charge < -0.3 is 10.1 Å². The van der Waals surface area contributed by atoms with Gasteiger partial charge in [-0.05, 0) is 56.6 Å². The van der Waals surface area contributed by atoms with Crippen molar-refractivity contribution in [2.24, 2.45) is 0 Å². The van der Waals surface area contributed by atoms with Crippen LogP contribution in [-0.2, 0) is 24.1 Å². The van der Waals surface area contributed by atoms with Gasteiger partial charge in [-0.15, -0.1) is 11.3 Å². The molecule has 4 rings (SSSR count). The van der Waals surface area contributed by atoms with Crippen LogP contribution >= 0.6 is 11.3 Å². The van der Waals surface area contributed by atoms with Crippen LogP contribution in [0.25, 0.3) is 0 Å². The van der Waals surface area contributed by atoms with E-state index < -0.39 is 0 Å². The summed E-state index contributed by atoms with van der Waals surface area (Å²) >= 11 is 2.02. The van der Waals surface area contributed by atoms with Gasteiger partial charge >= 0.3 is 0 Å². The van der Waals surface area contributed by atoms with Crippen LogP contribution in [0.15, 0.2) is 6.07 Å². The molecule has 1 saturated heterocycles. The smallest absolute Gasteiger partial charge is 0.0708 e. The van der Waals surface area contributed by atoms with Crippen LogP contribution in [0, 0.1) is 0 Å². The lowest BCUT2D eigenvalue weighted by Gasteiger charge is -2.33. The first-order chi connectivity index (χ1) is 10.3. The van der Waals surface area contributed by atoms with Gasteiger partial charge in [0, 0.05) is 22.8 Å². The molecule has 1 atom stereocenters. The highest BCUT2D eigenvalue weighted by Crippen LogP contribution is 2.41. The summed E-state index contributed by atoms with van der Waals surface area (Å²) in [7, 11) is 0. The Morgan fingerprint density at radius 1 is 1.14 bits per heavy atom. The van der Waals surface area contributed by atoms with Crippen molar-refractivity contribution in [3.8, 4) is 0 Å². The normalized spacial score (nSPS) is 27.3. The van der Waals surface area contributed by atoms with Gasteiger partial charge in [-0.25, -0.2) is 0 Å². The fourth-order valence-electron chi connectivity index (χ4n) is 4.44. The zero-order valence-corrected chi connectivity index (χ0v) is 13.8. The lowest BCUT2D eigenvalue weighted by Crippen LogP contribution is -2.34. The van der Waals surface area contributed by atoms with Crippen LogP contribution < -0.4 is 5.32 Å². The lowest BCUT2D eigenvalue weighted by molar-refractivity contribution is -0.0624. The number of aryl methyl sites for hydroxylation is 2. The summed E-state index contributed by atoms with van der Waals surface area (Å²) in [5.41, 5.74) is 1.89. The Morgan fingerprint density at radius 3 is 2.90 bits per heavy atom. The number of ether oxygens (including phenoxy) is 1. The third kappa shape index (κ3) is 3.06. The molecule has 116 valence electrons. The second kappa shape index (κ2) is 6.02. The molecule has 1 unspecified atom stereocenters. The lowest BCUT2D eigenvalue weighted by atomic mass is 9.83. The largest absolute Gasteiger partial charge is 0.370 e. The summed E-state index contributed by atoms with van der Waals surface area (Å²) in [6.07, 6.45) is 13.8. The molecule has 2 nitrogen and oxygen atoms in total. The Bertz CT molecular complexity index is 468. The zero-order chi connectivity index (χ0) is 14.1. The number of nitrogens with one attached hydrogen (secondary N) is 1. The van der Waals surface area contributed by atoms with Crippen molar-refractivity contribution in [1.82, 2.24) is 5.32 Å². The van der Waals surface area contributed by atoms with E-state index in [1.807, 2.05) is 11.3 Å². The van der Waals surface area contributed by atoms with Crippen LogP contribution in [0.5, 0.6) is 0 Å². The summed E-state index contributed by atoms with van der Waals surface area (Å²) in [5.74, 6) is 0. The molecule has 1 aromatic rings. The second-order valence-electron chi connectivity index (χ2n) is 7.17. The van der Waals surface area contributed by atoms with Crippen molar-refractivity contribution in [2.75, 3.05) is 6.54 Å². The van der Waals surface area contributed by atoms with E-state index in [2.05, 4.69) is 11.4 Å². The highest BCUT2D eigenvalue weighted by atomic mass is 32.1. The van der Waals surface area contributed by atoms with E-state index in [4.69, 9.17) is 4.74 Å². The third-order valence-corrected chi connectivity index (χ3v) is 6.81. The minimum absolute atomic E-state index is 0.273. The summed E-state index contributed by atoms with van der Waals surface area (Å²) < 4.78 is 6.43. The SMILES string of the molecule is c1c(CNCC2CCC3(CCCCC3)O2)sc2c1CCC2. The van der Waals surface area contributed by atoms with E-state index in [-0.39, 0.29) is 5.60 Å². The molecule has 1 aliphatic heterocycles. The van der Waals surface area contributed by atoms with Crippen LogP contribution in [0.2, 0.25) is 0 Å². The van der Waals surface area contributed by atoms with Crippen molar-refractivity contribution < 1.29 is 4.74 Å². The average molecular weight is 305 g/mol. The standard InChI is InChI=1S/C18H27NOS/c1-2-8-18(9-3-1)10-7-15(20-18)12-19-13-16-11-14-5-4-6-17(14)21-16/h11,15,19H,1-10,12-13H2. The molecule has 21 heavy (non-hydrogen) atoms. The van der Waals surface area contributed by atoms with Gasteiger partial charge in [-0.2, -0.15) is 0 Å². The molecule has 3 heteroatoms. The average Bonchev–Trinajstić information content (AvgIpc) is 3.16. The summed E-state index contributed by atoms with van der Waals surface area (Å²) in [5, 5.41) is 3.64. The Morgan fingerprint density at radius 2 is 2.05 bits per heavy atom. The molecule has 2 fully saturated rings. The van der Waals surface area contributed by atoms with Gasteiger partial charge in [0.05, 0.1) is 11.7 Å². The molecule has 2 aliphatic carbocycles. The van der Waals surface area contributed by atoms with Crippen molar-refractivity contribution in [3.05, 3.63) is 21.4 Å². The molecule has 0 bridgehead atoms. The van der Waals surface area contributed by atoms with Crippen molar-refractivity contribution >= 4 is 11.3 Å². The maximum absolute atomic E-state index is 6.43. The molecule has 1 N–H and O–H groups in total. The van der Waals surface area contributed by atoms with Crippen molar-refractivity contribution in [2.45, 2.75) is 82.5 Å². The van der Waals surface area contributed by atoms with E-state index in [0.29, 0.717) is 6.10 Å². The number of hydrogen-bond donors (Lipinski definition) is 1. The molecule has 0 aromatic carbocycles. The number of fused-ring (bicyclic) bond motifs is 1. The second-order valence-corrected chi connectivity index (χ2v) is 8.39. The summed E-state index contributed by atoms with van der Waals surface area (Å²) in [4.78, 5) is 3.16. The molecular formula is C18H27NOS. The van der Waals surface area contributed by atoms with Crippen LogP contribution in [0.3, 0.4) is 0 Å². The Kier molecular flexibility index (Phi) is 4.08. The summed E-state index contributed by atoms with van der Waals surface area (Å²) in [6, 6.07) is 2.43. The van der Waals surface area contributed by atoms with Crippen molar-refractivity contribution in [1.29, 1.82) is 0 Å². The Labute approximate surface area is 132 Å². The van der Waals surface area contributed by atoms with Crippen LogP contribution in [0.1, 0.15) is 66.7 Å². The molecule has 1 spiro atoms. The highest BCUT2D eigenvalue weighted by Gasteiger charge is 2.40. The quantitative estimate of drug-likeness (QED) is 0.900. The van der Waals surface area contributed by atoms with Gasteiger partial charge in [-0.1, -0.05) is 19.3 Å². The van der Waals surface area contributed by atoms with Crippen LogP contribution in [0.4, 0.5) is 0 Å². The van der Waals surface area contributed by atoms with Gasteiger partial charge in [0.1, 0.15) is 0 Å². The highest BCUT2D eigenvalue weighted by molar-refractivity contribution is 7.12. The van der Waals surface area contributed by atoms with Gasteiger partial charge in [0.2, 0.25) is 0 Å². The molecule has 0 amide bonds. The molecule has 1 aromatic heterocycles. The van der Waals surface area contributed by atoms with Crippen molar-refractivity contribution in [3.63, 3.8) is 0 Å². The zero-order valence-electron chi connectivity index (χ0n) is 13.0. The fourth-order valence-corrected chi connectivity index (χ4v) is 5.67. The van der Waals surface area contributed by atoms with E-state index in [1.165, 1.54) is 69.1 Å². The Balaban J connectivity index is 1.24. The molecule has 2 heterocycles. The van der Waals surface area contributed by atoms with E-state index in [9.17, 15) is 0 Å². The fraction of sp³-hybridized carbons (Fsp3) is 0.778. The monoisotopic (exact) mass is 305 g/mol. The molecule has 1 saturated carbocycles. The van der Waals surface area contributed by atoms with E-state index in [0.717, 1.165) is 13.1 Å². The first kappa shape index (κ1) is 14.2. The van der Waals surface area contributed by atoms with E-state index in [1.54, 1.807) is 10.4 Å². The predicted molar refractivity (Wildman–Crippen MR) is 88.0 cm³/mol. The number of thiophene rings is 1. The first-order valence-electron chi connectivity index (χ1n) is 8.82. The van der Waals surface area contributed by atoms with Gasteiger partial charge in [0.15, 0.2) is 0 Å². The number of rotatable bonds is 4. The first-order valence-corrected chi connectivity index (χ1v) is 9.64. The minimum atomic E-state index is 0.273. The maximum Gasteiger partial charge on any atom is 0.0708 e. The summed E-state index contributed by atoms with van der Waals surface area (Å²) in [6.45, 7) is 2.06. The molecule has 0 radical (unpaired) electrons. The maximum atomic E-state index is 6.43. The third-order valence-electron chi connectivity index (χ3n) is 5.57. The van der Waals surface area contributed by atoms with E-state index >= 15 is 0 Å².